The minimum atomic E-state index is 0.562. The molecule has 0 N–H and O–H groups in total. The van der Waals surface area contributed by atoms with Crippen molar-refractivity contribution in [3.63, 3.8) is 0 Å². The van der Waals surface area contributed by atoms with Crippen LogP contribution in [0.4, 0.5) is 0 Å². The first-order chi connectivity index (χ1) is 28.3. The van der Waals surface area contributed by atoms with Gasteiger partial charge < -0.3 is 8.98 Å². The van der Waals surface area contributed by atoms with E-state index >= 15 is 0 Å². The zero-order chi connectivity index (χ0) is 37.5. The lowest BCUT2D eigenvalue weighted by atomic mass is 9.99. The van der Waals surface area contributed by atoms with Crippen LogP contribution in [-0.2, 0) is 0 Å². The van der Waals surface area contributed by atoms with Gasteiger partial charge in [-0.1, -0.05) is 133 Å². The number of aromatic nitrogens is 5. The molecule has 0 atom stereocenters. The highest BCUT2D eigenvalue weighted by molar-refractivity contribution is 6.16. The molecule has 0 spiro atoms. The van der Waals surface area contributed by atoms with Crippen LogP contribution in [0.2, 0.25) is 0 Å². The van der Waals surface area contributed by atoms with Crippen molar-refractivity contribution in [1.82, 2.24) is 24.1 Å². The Hall–Kier alpha value is -7.83. The first kappa shape index (κ1) is 31.5. The second kappa shape index (κ2) is 12.3. The van der Waals surface area contributed by atoms with Gasteiger partial charge in [-0.2, -0.15) is 9.97 Å². The maximum atomic E-state index is 6.59. The van der Waals surface area contributed by atoms with Crippen LogP contribution < -0.4 is 0 Å². The van der Waals surface area contributed by atoms with Crippen LogP contribution >= 0.6 is 0 Å². The minimum absolute atomic E-state index is 0.562. The molecular weight excluding hydrogens is 699 g/mol. The molecule has 12 rings (SSSR count). The lowest BCUT2D eigenvalue weighted by Gasteiger charge is -2.11. The third-order valence-electron chi connectivity index (χ3n) is 11.2. The molecule has 0 amide bonds. The Morgan fingerprint density at radius 3 is 1.67 bits per heavy atom. The number of hydrogen-bond donors (Lipinski definition) is 0. The molecule has 0 aliphatic rings. The summed E-state index contributed by atoms with van der Waals surface area (Å²) in [4.78, 5) is 15.3. The van der Waals surface area contributed by atoms with Gasteiger partial charge >= 0.3 is 0 Å². The SMILES string of the molecule is c1ccc(-c2nc(-c3ccc4c(c3)oc3ccc(-n5c6ccccc6c6c(-c7ccccc7)cccc65)cc34)nc(-n3c4ccccc4c4ccccc43)n2)cc1. The quantitative estimate of drug-likeness (QED) is 0.177. The largest absolute Gasteiger partial charge is 0.456 e. The molecule has 0 radical (unpaired) electrons. The maximum absolute atomic E-state index is 6.59. The molecule has 0 bridgehead atoms. The van der Waals surface area contributed by atoms with Gasteiger partial charge in [-0.3, -0.25) is 4.57 Å². The van der Waals surface area contributed by atoms with Crippen molar-refractivity contribution in [2.24, 2.45) is 0 Å². The number of nitrogens with zero attached hydrogens (tertiary/aromatic N) is 5. The van der Waals surface area contributed by atoms with Gasteiger partial charge in [0.25, 0.3) is 0 Å². The van der Waals surface area contributed by atoms with Crippen molar-refractivity contribution in [2.75, 3.05) is 0 Å². The summed E-state index contributed by atoms with van der Waals surface area (Å²) in [5, 5.41) is 6.84. The van der Waals surface area contributed by atoms with E-state index in [1.807, 2.05) is 30.3 Å². The smallest absolute Gasteiger partial charge is 0.238 e. The molecule has 4 aromatic heterocycles. The van der Waals surface area contributed by atoms with Crippen LogP contribution in [-0.4, -0.2) is 24.1 Å². The second-order valence-electron chi connectivity index (χ2n) is 14.4. The average molecular weight is 730 g/mol. The summed E-state index contributed by atoms with van der Waals surface area (Å²) >= 11 is 0. The number of fused-ring (bicyclic) bond motifs is 9. The summed E-state index contributed by atoms with van der Waals surface area (Å²) in [5.74, 6) is 1.74. The van der Waals surface area contributed by atoms with Crippen molar-refractivity contribution in [1.29, 1.82) is 0 Å². The predicted molar refractivity (Wildman–Crippen MR) is 232 cm³/mol. The Bertz CT molecular complexity index is 3470. The molecular formula is C51H31N5O. The first-order valence-corrected chi connectivity index (χ1v) is 19.1. The Labute approximate surface area is 326 Å². The molecule has 8 aromatic carbocycles. The van der Waals surface area contributed by atoms with Gasteiger partial charge in [0.1, 0.15) is 11.2 Å². The van der Waals surface area contributed by atoms with Gasteiger partial charge in [0.05, 0.1) is 22.1 Å². The summed E-state index contributed by atoms with van der Waals surface area (Å²) in [6, 6.07) is 65.6. The molecule has 6 heteroatoms. The Balaban J connectivity index is 1.03. The van der Waals surface area contributed by atoms with E-state index in [4.69, 9.17) is 19.4 Å². The number of para-hydroxylation sites is 3. The second-order valence-corrected chi connectivity index (χ2v) is 14.4. The van der Waals surface area contributed by atoms with Crippen LogP contribution in [0.1, 0.15) is 0 Å². The molecule has 266 valence electrons. The van der Waals surface area contributed by atoms with Crippen LogP contribution in [0.3, 0.4) is 0 Å². The third-order valence-corrected chi connectivity index (χ3v) is 11.2. The van der Waals surface area contributed by atoms with Crippen LogP contribution in [0.25, 0.3) is 111 Å². The summed E-state index contributed by atoms with van der Waals surface area (Å²) in [6.45, 7) is 0. The molecule has 0 unspecified atom stereocenters. The predicted octanol–water partition coefficient (Wildman–Crippen LogP) is 13.0. The fraction of sp³-hybridized carbons (Fsp3) is 0. The lowest BCUT2D eigenvalue weighted by Crippen LogP contribution is -2.06. The van der Waals surface area contributed by atoms with Gasteiger partial charge in [0, 0.05) is 49.1 Å². The van der Waals surface area contributed by atoms with Crippen molar-refractivity contribution in [3.05, 3.63) is 188 Å². The molecule has 0 fully saturated rings. The normalized spacial score (nSPS) is 11.9. The molecule has 0 aliphatic heterocycles. The molecule has 57 heavy (non-hydrogen) atoms. The Morgan fingerprint density at radius 1 is 0.351 bits per heavy atom. The highest BCUT2D eigenvalue weighted by Crippen LogP contribution is 2.40. The van der Waals surface area contributed by atoms with Gasteiger partial charge in [-0.25, -0.2) is 4.98 Å². The molecule has 4 heterocycles. The first-order valence-electron chi connectivity index (χ1n) is 19.1. The van der Waals surface area contributed by atoms with E-state index in [1.54, 1.807) is 0 Å². The highest BCUT2D eigenvalue weighted by atomic mass is 16.3. The molecule has 12 aromatic rings. The molecule has 0 saturated carbocycles. The van der Waals surface area contributed by atoms with Crippen LogP contribution in [0, 0.1) is 0 Å². The summed E-state index contributed by atoms with van der Waals surface area (Å²) in [5.41, 5.74) is 11.3. The summed E-state index contributed by atoms with van der Waals surface area (Å²) < 4.78 is 11.1. The van der Waals surface area contributed by atoms with E-state index in [0.717, 1.165) is 71.6 Å². The number of rotatable bonds is 5. The summed E-state index contributed by atoms with van der Waals surface area (Å²) in [6.07, 6.45) is 0. The van der Waals surface area contributed by atoms with E-state index in [1.165, 1.54) is 21.9 Å². The van der Waals surface area contributed by atoms with Gasteiger partial charge in [0.2, 0.25) is 5.95 Å². The Kier molecular flexibility index (Phi) is 6.83. The van der Waals surface area contributed by atoms with Crippen LogP contribution in [0.5, 0.6) is 0 Å². The Morgan fingerprint density at radius 2 is 0.947 bits per heavy atom. The number of benzene rings is 8. The van der Waals surface area contributed by atoms with E-state index in [-0.39, 0.29) is 0 Å². The average Bonchev–Trinajstić information content (AvgIpc) is 3.94. The van der Waals surface area contributed by atoms with Crippen molar-refractivity contribution < 1.29 is 4.42 Å². The van der Waals surface area contributed by atoms with Crippen LogP contribution in [0.15, 0.2) is 192 Å². The molecule has 6 nitrogen and oxygen atoms in total. The van der Waals surface area contributed by atoms with E-state index in [0.29, 0.717) is 17.6 Å². The maximum Gasteiger partial charge on any atom is 0.238 e. The monoisotopic (exact) mass is 729 g/mol. The number of furan rings is 1. The highest BCUT2D eigenvalue weighted by Gasteiger charge is 2.20. The third kappa shape index (κ3) is 4.87. The van der Waals surface area contributed by atoms with E-state index in [2.05, 4.69) is 167 Å². The van der Waals surface area contributed by atoms with Crippen molar-refractivity contribution in [3.8, 4) is 45.5 Å². The summed E-state index contributed by atoms with van der Waals surface area (Å²) in [7, 11) is 0. The van der Waals surface area contributed by atoms with Gasteiger partial charge in [-0.15, -0.1) is 0 Å². The van der Waals surface area contributed by atoms with Crippen molar-refractivity contribution >= 4 is 65.6 Å². The topological polar surface area (TPSA) is 61.7 Å². The lowest BCUT2D eigenvalue weighted by molar-refractivity contribution is 0.669. The van der Waals surface area contributed by atoms with Gasteiger partial charge in [-0.05, 0) is 65.7 Å². The minimum Gasteiger partial charge on any atom is -0.456 e. The standard InChI is InChI=1S/C51H31N5O/c1-3-14-32(15-4-1)36-21-13-25-45-48(36)40-20-9-12-24-44(40)55(45)35-27-29-46-41(31-35)39-28-26-34(30-47(39)57-46)50-52-49(33-16-5-2-6-17-33)53-51(54-50)56-42-22-10-7-18-37(42)38-19-8-11-23-43(38)56/h1-31H. The molecule has 0 aliphatic carbocycles. The van der Waals surface area contributed by atoms with Gasteiger partial charge in [0.15, 0.2) is 11.6 Å². The zero-order valence-corrected chi connectivity index (χ0v) is 30.5. The van der Waals surface area contributed by atoms with E-state index in [9.17, 15) is 0 Å². The fourth-order valence-electron chi connectivity index (χ4n) is 8.65. The van der Waals surface area contributed by atoms with Crippen molar-refractivity contribution in [2.45, 2.75) is 0 Å². The fourth-order valence-corrected chi connectivity index (χ4v) is 8.65. The van der Waals surface area contributed by atoms with E-state index < -0.39 is 0 Å². The zero-order valence-electron chi connectivity index (χ0n) is 30.5. The number of hydrogen-bond acceptors (Lipinski definition) is 4. The molecule has 0 saturated heterocycles.